The summed E-state index contributed by atoms with van der Waals surface area (Å²) in [5.74, 6) is 0.613. The van der Waals surface area contributed by atoms with E-state index in [0.29, 0.717) is 5.75 Å². The van der Waals surface area contributed by atoms with E-state index < -0.39 is 7.12 Å². The summed E-state index contributed by atoms with van der Waals surface area (Å²) in [6.45, 7) is 5.80. The fourth-order valence-electron chi connectivity index (χ4n) is 0.958. The van der Waals surface area contributed by atoms with Crippen molar-refractivity contribution in [2.75, 3.05) is 0 Å². The highest BCUT2D eigenvalue weighted by Crippen LogP contribution is 2.14. The van der Waals surface area contributed by atoms with Crippen LogP contribution in [-0.2, 0) is 0 Å². The summed E-state index contributed by atoms with van der Waals surface area (Å²) in [5.41, 5.74) is -0.0626. The normalized spacial score (nSPS) is 11.2. The Morgan fingerprint density at radius 3 is 2.29 bits per heavy atom. The van der Waals surface area contributed by atoms with Gasteiger partial charge in [0.25, 0.3) is 0 Å². The monoisotopic (exact) mass is 195 g/mol. The SMILES string of the molecule is CC(C)(C)Oc1ccc(B(O)O)nc1. The summed E-state index contributed by atoms with van der Waals surface area (Å²) in [4.78, 5) is 3.84. The number of ether oxygens (including phenoxy) is 1. The number of nitrogens with zero attached hydrogens (tertiary/aromatic N) is 1. The Kier molecular flexibility index (Phi) is 3.13. The molecule has 0 amide bonds. The minimum atomic E-state index is -1.53. The molecule has 1 aromatic rings. The highest BCUT2D eigenvalue weighted by Gasteiger charge is 2.15. The van der Waals surface area contributed by atoms with Gasteiger partial charge in [0.05, 0.1) is 11.8 Å². The Balaban J connectivity index is 2.74. The highest BCUT2D eigenvalue weighted by molar-refractivity contribution is 6.57. The van der Waals surface area contributed by atoms with Gasteiger partial charge in [-0.1, -0.05) is 0 Å². The topological polar surface area (TPSA) is 62.6 Å². The molecule has 4 nitrogen and oxygen atoms in total. The molecular formula is C9H14BNO3. The van der Waals surface area contributed by atoms with Crippen LogP contribution in [0, 0.1) is 0 Å². The molecule has 0 aliphatic rings. The first-order valence-corrected chi connectivity index (χ1v) is 4.39. The molecule has 0 saturated carbocycles. The summed E-state index contributed by atoms with van der Waals surface area (Å²) in [5, 5.41) is 17.6. The number of pyridine rings is 1. The van der Waals surface area contributed by atoms with Crippen LogP contribution in [0.5, 0.6) is 5.75 Å². The van der Waals surface area contributed by atoms with E-state index in [1.807, 2.05) is 20.8 Å². The Labute approximate surface area is 83.7 Å². The summed E-state index contributed by atoms with van der Waals surface area (Å²) in [7, 11) is -1.53. The van der Waals surface area contributed by atoms with E-state index in [9.17, 15) is 0 Å². The number of rotatable bonds is 2. The molecule has 0 fully saturated rings. The lowest BCUT2D eigenvalue weighted by Gasteiger charge is -2.20. The minimum absolute atomic E-state index is 0.214. The lowest BCUT2D eigenvalue weighted by atomic mass is 9.86. The highest BCUT2D eigenvalue weighted by atomic mass is 16.5. The second kappa shape index (κ2) is 3.98. The van der Waals surface area contributed by atoms with E-state index >= 15 is 0 Å². The summed E-state index contributed by atoms with van der Waals surface area (Å²) < 4.78 is 5.51. The minimum Gasteiger partial charge on any atom is -0.487 e. The third-order valence-electron chi connectivity index (χ3n) is 1.45. The van der Waals surface area contributed by atoms with Crippen LogP contribution in [0.1, 0.15) is 20.8 Å². The molecule has 0 bridgehead atoms. The van der Waals surface area contributed by atoms with Crippen molar-refractivity contribution in [3.05, 3.63) is 18.3 Å². The molecule has 0 spiro atoms. The van der Waals surface area contributed by atoms with Gasteiger partial charge in [-0.05, 0) is 32.9 Å². The first kappa shape index (κ1) is 11.0. The van der Waals surface area contributed by atoms with Crippen molar-refractivity contribution in [3.63, 3.8) is 0 Å². The van der Waals surface area contributed by atoms with Gasteiger partial charge in [0.15, 0.2) is 0 Å². The molecule has 0 radical (unpaired) electrons. The smallest absolute Gasteiger partial charge is 0.487 e. The van der Waals surface area contributed by atoms with Crippen LogP contribution in [0.3, 0.4) is 0 Å². The zero-order chi connectivity index (χ0) is 10.8. The zero-order valence-electron chi connectivity index (χ0n) is 8.56. The summed E-state index contributed by atoms with van der Waals surface area (Å²) in [6.07, 6.45) is 1.47. The van der Waals surface area contributed by atoms with Crippen molar-refractivity contribution in [2.45, 2.75) is 26.4 Å². The van der Waals surface area contributed by atoms with Gasteiger partial charge in [-0.15, -0.1) is 0 Å². The molecule has 1 aromatic heterocycles. The van der Waals surface area contributed by atoms with Gasteiger partial charge >= 0.3 is 7.12 Å². The van der Waals surface area contributed by atoms with Gasteiger partial charge in [0.1, 0.15) is 11.4 Å². The van der Waals surface area contributed by atoms with Crippen LogP contribution in [-0.4, -0.2) is 27.8 Å². The third-order valence-corrected chi connectivity index (χ3v) is 1.45. The van der Waals surface area contributed by atoms with Crippen LogP contribution in [0.15, 0.2) is 18.3 Å². The largest absolute Gasteiger partial charge is 0.508 e. The fourth-order valence-corrected chi connectivity index (χ4v) is 0.958. The number of hydrogen-bond acceptors (Lipinski definition) is 4. The summed E-state index contributed by atoms with van der Waals surface area (Å²) >= 11 is 0. The van der Waals surface area contributed by atoms with Crippen molar-refractivity contribution in [3.8, 4) is 5.75 Å². The molecule has 0 saturated heterocycles. The van der Waals surface area contributed by atoms with Crippen LogP contribution < -0.4 is 10.3 Å². The van der Waals surface area contributed by atoms with E-state index in [1.165, 1.54) is 12.3 Å². The van der Waals surface area contributed by atoms with Crippen molar-refractivity contribution < 1.29 is 14.8 Å². The average Bonchev–Trinajstić information content (AvgIpc) is 2.02. The van der Waals surface area contributed by atoms with E-state index in [2.05, 4.69) is 4.98 Å². The van der Waals surface area contributed by atoms with Crippen molar-refractivity contribution in [1.82, 2.24) is 4.98 Å². The van der Waals surface area contributed by atoms with Crippen molar-refractivity contribution in [2.24, 2.45) is 0 Å². The fraction of sp³-hybridized carbons (Fsp3) is 0.444. The van der Waals surface area contributed by atoms with Crippen molar-refractivity contribution in [1.29, 1.82) is 0 Å². The van der Waals surface area contributed by atoms with Gasteiger partial charge < -0.3 is 14.8 Å². The molecule has 1 heterocycles. The Morgan fingerprint density at radius 2 is 1.93 bits per heavy atom. The molecule has 0 aromatic carbocycles. The number of hydrogen-bond donors (Lipinski definition) is 2. The molecule has 2 N–H and O–H groups in total. The Bertz CT molecular complexity index is 292. The van der Waals surface area contributed by atoms with Crippen LogP contribution in [0.2, 0.25) is 0 Å². The molecular weight excluding hydrogens is 181 g/mol. The quantitative estimate of drug-likeness (QED) is 0.649. The van der Waals surface area contributed by atoms with Crippen LogP contribution >= 0.6 is 0 Å². The van der Waals surface area contributed by atoms with Crippen LogP contribution in [0.4, 0.5) is 0 Å². The summed E-state index contributed by atoms with van der Waals surface area (Å²) in [6, 6.07) is 3.18. The van der Waals surface area contributed by atoms with E-state index in [1.54, 1.807) is 6.07 Å². The third kappa shape index (κ3) is 3.36. The average molecular weight is 195 g/mol. The first-order valence-electron chi connectivity index (χ1n) is 4.39. The van der Waals surface area contributed by atoms with Crippen molar-refractivity contribution >= 4 is 12.7 Å². The van der Waals surface area contributed by atoms with Gasteiger partial charge in [0.2, 0.25) is 0 Å². The lowest BCUT2D eigenvalue weighted by molar-refractivity contribution is 0.130. The standard InChI is InChI=1S/C9H14BNO3/c1-9(2,3)14-7-4-5-8(10(12)13)11-6-7/h4-6,12-13H,1-3H3. The maximum absolute atomic E-state index is 8.80. The molecule has 0 unspecified atom stereocenters. The van der Waals surface area contributed by atoms with Gasteiger partial charge in [-0.3, -0.25) is 4.98 Å². The van der Waals surface area contributed by atoms with Gasteiger partial charge in [-0.25, -0.2) is 0 Å². The van der Waals surface area contributed by atoms with E-state index in [-0.39, 0.29) is 11.2 Å². The van der Waals surface area contributed by atoms with E-state index in [4.69, 9.17) is 14.8 Å². The van der Waals surface area contributed by atoms with Gasteiger partial charge in [-0.2, -0.15) is 0 Å². The molecule has 14 heavy (non-hydrogen) atoms. The lowest BCUT2D eigenvalue weighted by Crippen LogP contribution is -2.32. The Hall–Kier alpha value is -1.07. The maximum Gasteiger partial charge on any atom is 0.508 e. The maximum atomic E-state index is 8.80. The van der Waals surface area contributed by atoms with Gasteiger partial charge in [0, 0.05) is 0 Å². The first-order chi connectivity index (χ1) is 6.38. The molecule has 0 atom stereocenters. The Morgan fingerprint density at radius 1 is 1.29 bits per heavy atom. The molecule has 0 aliphatic carbocycles. The molecule has 76 valence electrons. The van der Waals surface area contributed by atoms with Crippen LogP contribution in [0.25, 0.3) is 0 Å². The predicted octanol–water partition coefficient (Wildman–Crippen LogP) is -0.0613. The number of aromatic nitrogens is 1. The second-order valence-corrected chi connectivity index (χ2v) is 4.01. The zero-order valence-corrected chi connectivity index (χ0v) is 8.56. The molecule has 5 heteroatoms. The van der Waals surface area contributed by atoms with E-state index in [0.717, 1.165) is 0 Å². The predicted molar refractivity (Wildman–Crippen MR) is 54.4 cm³/mol. The molecule has 0 aliphatic heterocycles. The molecule has 1 rings (SSSR count). The second-order valence-electron chi connectivity index (χ2n) is 4.01.